The van der Waals surface area contributed by atoms with Crippen LogP contribution < -0.4 is 0 Å². The average Bonchev–Trinajstić information content (AvgIpc) is 2.53. The molecule has 0 saturated carbocycles. The van der Waals surface area contributed by atoms with Crippen molar-refractivity contribution in [1.29, 1.82) is 0 Å². The summed E-state index contributed by atoms with van der Waals surface area (Å²) < 4.78 is 0.494. The molecule has 0 aliphatic carbocycles. The maximum absolute atomic E-state index is 9.46. The maximum Gasteiger partial charge on any atom is 0.209 e. The van der Waals surface area contributed by atoms with Gasteiger partial charge in [-0.05, 0) is 30.4 Å². The summed E-state index contributed by atoms with van der Waals surface area (Å²) in [4.78, 5) is 7.34. The maximum atomic E-state index is 9.46. The predicted molar refractivity (Wildman–Crippen MR) is 74.9 cm³/mol. The molecule has 88 valence electrons. The zero-order valence-corrected chi connectivity index (χ0v) is 11.4. The van der Waals surface area contributed by atoms with Crippen molar-refractivity contribution in [3.8, 4) is 5.88 Å². The molecule has 0 radical (unpaired) electrons. The van der Waals surface area contributed by atoms with E-state index in [-0.39, 0.29) is 5.88 Å². The van der Waals surface area contributed by atoms with Crippen LogP contribution in [-0.2, 0) is 0 Å². The summed E-state index contributed by atoms with van der Waals surface area (Å²) in [5, 5.41) is 10.5. The van der Waals surface area contributed by atoms with E-state index in [0.29, 0.717) is 24.6 Å². The smallest absolute Gasteiger partial charge is 0.209 e. The van der Waals surface area contributed by atoms with E-state index < -0.39 is 0 Å². The Balaban J connectivity index is 2.31. The molecule has 0 amide bonds. The zero-order valence-electron chi connectivity index (χ0n) is 8.28. The lowest BCUT2D eigenvalue weighted by Gasteiger charge is -1.96. The van der Waals surface area contributed by atoms with Crippen LogP contribution >= 0.6 is 46.8 Å². The number of nitrogens with one attached hydrogen (secondary N) is 1. The summed E-state index contributed by atoms with van der Waals surface area (Å²) in [7, 11) is 0. The summed E-state index contributed by atoms with van der Waals surface area (Å²) in [5.41, 5.74) is 0.612. The molecule has 7 heteroatoms. The number of hydrogen-bond acceptors (Lipinski definition) is 4. The minimum atomic E-state index is 0.0110. The molecule has 0 spiro atoms. The molecule has 0 atom stereocenters. The second kappa shape index (κ2) is 5.18. The highest BCUT2D eigenvalue weighted by molar-refractivity contribution is 7.73. The molecule has 0 saturated heterocycles. The van der Waals surface area contributed by atoms with E-state index in [1.165, 1.54) is 17.6 Å². The van der Waals surface area contributed by atoms with E-state index >= 15 is 0 Å². The first-order valence-electron chi connectivity index (χ1n) is 4.47. The highest BCUT2D eigenvalue weighted by Gasteiger charge is 2.02. The predicted octanol–water partition coefficient (Wildman–Crippen LogP) is 4.57. The number of H-pyrrole nitrogens is 1. The van der Waals surface area contributed by atoms with E-state index in [1.54, 1.807) is 18.2 Å². The number of benzene rings is 1. The monoisotopic (exact) mass is 304 g/mol. The summed E-state index contributed by atoms with van der Waals surface area (Å²) in [6.07, 6.45) is 1.51. The standard InChI is InChI=1S/C10H6Cl2N2OS2/c11-5-1-6(12)3-7(2-5)13-4-8-9(15)14-10(16)17-8/h1-4,15H,(H,14,16). The van der Waals surface area contributed by atoms with Crippen molar-refractivity contribution in [2.75, 3.05) is 0 Å². The van der Waals surface area contributed by atoms with Crippen molar-refractivity contribution in [3.05, 3.63) is 37.1 Å². The molecule has 0 aliphatic heterocycles. The van der Waals surface area contributed by atoms with Gasteiger partial charge in [-0.25, -0.2) is 0 Å². The summed E-state index contributed by atoms with van der Waals surface area (Å²) in [5.74, 6) is 0.0110. The van der Waals surface area contributed by atoms with E-state index in [0.717, 1.165) is 0 Å². The van der Waals surface area contributed by atoms with Crippen LogP contribution in [0.3, 0.4) is 0 Å². The third-order valence-corrected chi connectivity index (χ3v) is 3.43. The van der Waals surface area contributed by atoms with E-state index in [9.17, 15) is 5.11 Å². The van der Waals surface area contributed by atoms with Crippen LogP contribution in [0, 0.1) is 3.95 Å². The van der Waals surface area contributed by atoms with E-state index in [2.05, 4.69) is 9.98 Å². The SMILES string of the molecule is Oc1[nH]c(=S)sc1C=Nc1cc(Cl)cc(Cl)c1. The Morgan fingerprint density at radius 3 is 2.47 bits per heavy atom. The number of hydrogen-bond donors (Lipinski definition) is 2. The lowest BCUT2D eigenvalue weighted by atomic mass is 10.3. The zero-order chi connectivity index (χ0) is 12.4. The van der Waals surface area contributed by atoms with Gasteiger partial charge >= 0.3 is 0 Å². The molecule has 1 aromatic carbocycles. The van der Waals surface area contributed by atoms with Crippen molar-refractivity contribution in [3.63, 3.8) is 0 Å². The number of rotatable bonds is 2. The third kappa shape index (κ3) is 3.29. The van der Waals surface area contributed by atoms with Crippen molar-refractivity contribution in [2.24, 2.45) is 4.99 Å². The quantitative estimate of drug-likeness (QED) is 0.631. The number of halogens is 2. The van der Waals surface area contributed by atoms with Gasteiger partial charge in [-0.1, -0.05) is 34.5 Å². The van der Waals surface area contributed by atoms with Gasteiger partial charge in [0, 0.05) is 10.0 Å². The van der Waals surface area contributed by atoms with Crippen LogP contribution in [0.1, 0.15) is 4.88 Å². The molecule has 0 aliphatic rings. The Morgan fingerprint density at radius 2 is 1.94 bits per heavy atom. The molecule has 0 fully saturated rings. The van der Waals surface area contributed by atoms with E-state index in [4.69, 9.17) is 35.4 Å². The molecule has 3 nitrogen and oxygen atoms in total. The largest absolute Gasteiger partial charge is 0.494 e. The summed E-state index contributed by atoms with van der Waals surface area (Å²) in [6, 6.07) is 4.97. The van der Waals surface area contributed by atoms with Gasteiger partial charge in [0.15, 0.2) is 3.95 Å². The number of aromatic nitrogens is 1. The van der Waals surface area contributed by atoms with Gasteiger partial charge in [0.1, 0.15) is 4.88 Å². The van der Waals surface area contributed by atoms with Crippen molar-refractivity contribution in [1.82, 2.24) is 4.98 Å². The first kappa shape index (κ1) is 12.6. The van der Waals surface area contributed by atoms with E-state index in [1.807, 2.05) is 0 Å². The van der Waals surface area contributed by atoms with Crippen LogP contribution in [-0.4, -0.2) is 16.3 Å². The number of nitrogens with zero attached hydrogens (tertiary/aromatic N) is 1. The Hall–Kier alpha value is -0.880. The number of aromatic amines is 1. The molecule has 2 aromatic rings. The van der Waals surface area contributed by atoms with Crippen LogP contribution in [0.5, 0.6) is 5.88 Å². The molecule has 0 bridgehead atoms. The Labute approximate surface area is 116 Å². The minimum Gasteiger partial charge on any atom is -0.494 e. The molecule has 2 N–H and O–H groups in total. The molecule has 17 heavy (non-hydrogen) atoms. The fourth-order valence-electron chi connectivity index (χ4n) is 1.17. The lowest BCUT2D eigenvalue weighted by molar-refractivity contribution is 0.456. The van der Waals surface area contributed by atoms with Gasteiger partial charge < -0.3 is 10.1 Å². The minimum absolute atomic E-state index is 0.0110. The fraction of sp³-hybridized carbons (Fsp3) is 0. The Kier molecular flexibility index (Phi) is 3.83. The average molecular weight is 305 g/mol. The first-order valence-corrected chi connectivity index (χ1v) is 6.45. The van der Waals surface area contributed by atoms with Crippen LogP contribution in [0.25, 0.3) is 0 Å². The van der Waals surface area contributed by atoms with Crippen LogP contribution in [0.4, 0.5) is 5.69 Å². The molecular formula is C10H6Cl2N2OS2. The van der Waals surface area contributed by atoms with Gasteiger partial charge in [-0.15, -0.1) is 0 Å². The van der Waals surface area contributed by atoms with Gasteiger partial charge in [0.25, 0.3) is 0 Å². The molecule has 2 rings (SSSR count). The first-order chi connectivity index (χ1) is 8.04. The second-order valence-electron chi connectivity index (χ2n) is 3.11. The molecule has 0 unspecified atom stereocenters. The Bertz CT molecular complexity index is 613. The van der Waals surface area contributed by atoms with Gasteiger partial charge in [0.05, 0.1) is 11.9 Å². The van der Waals surface area contributed by atoms with Gasteiger partial charge in [-0.3, -0.25) is 4.99 Å². The Morgan fingerprint density at radius 1 is 1.29 bits per heavy atom. The highest BCUT2D eigenvalue weighted by Crippen LogP contribution is 2.25. The molecular weight excluding hydrogens is 299 g/mol. The summed E-state index contributed by atoms with van der Waals surface area (Å²) in [6.45, 7) is 0. The molecule has 1 aromatic heterocycles. The van der Waals surface area contributed by atoms with Crippen LogP contribution in [0.15, 0.2) is 23.2 Å². The molecule has 1 heterocycles. The van der Waals surface area contributed by atoms with Crippen molar-refractivity contribution in [2.45, 2.75) is 0 Å². The topological polar surface area (TPSA) is 48.4 Å². The van der Waals surface area contributed by atoms with Crippen molar-refractivity contribution < 1.29 is 5.11 Å². The normalized spacial score (nSPS) is 11.2. The summed E-state index contributed by atoms with van der Waals surface area (Å²) >= 11 is 17.8. The number of aliphatic imine (C=N–C) groups is 1. The van der Waals surface area contributed by atoms with Gasteiger partial charge in [-0.2, -0.15) is 0 Å². The third-order valence-electron chi connectivity index (χ3n) is 1.83. The van der Waals surface area contributed by atoms with Gasteiger partial charge in [0.2, 0.25) is 5.88 Å². The number of thiazole rings is 1. The fourth-order valence-corrected chi connectivity index (χ4v) is 2.65. The second-order valence-corrected chi connectivity index (χ2v) is 5.70. The van der Waals surface area contributed by atoms with Crippen molar-refractivity contribution >= 4 is 58.7 Å². The van der Waals surface area contributed by atoms with Crippen LogP contribution in [0.2, 0.25) is 10.0 Å². The lowest BCUT2D eigenvalue weighted by Crippen LogP contribution is -1.75. The highest BCUT2D eigenvalue weighted by atomic mass is 35.5. The number of aromatic hydroxyl groups is 1.